The number of hydrogen-bond acceptors (Lipinski definition) is 2. The Kier molecular flexibility index (Phi) is 3.29. The van der Waals surface area contributed by atoms with Crippen molar-refractivity contribution in [3.8, 4) is 0 Å². The van der Waals surface area contributed by atoms with Gasteiger partial charge < -0.3 is 10.6 Å². The number of amides is 1. The van der Waals surface area contributed by atoms with Crippen molar-refractivity contribution in [2.45, 2.75) is 45.1 Å². The van der Waals surface area contributed by atoms with Gasteiger partial charge in [0, 0.05) is 25.0 Å². The molecule has 0 aromatic carbocycles. The zero-order valence-corrected chi connectivity index (χ0v) is 9.61. The minimum atomic E-state index is 0.316. The molecule has 1 amide bonds. The highest BCUT2D eigenvalue weighted by Gasteiger charge is 2.38. The molecule has 3 nitrogen and oxygen atoms in total. The molecule has 0 aromatic heterocycles. The summed E-state index contributed by atoms with van der Waals surface area (Å²) in [7, 11) is 0. The van der Waals surface area contributed by atoms with Crippen LogP contribution in [0.5, 0.6) is 0 Å². The van der Waals surface area contributed by atoms with Gasteiger partial charge in [-0.1, -0.05) is 13.3 Å². The van der Waals surface area contributed by atoms with Crippen molar-refractivity contribution in [3.05, 3.63) is 0 Å². The number of likely N-dealkylation sites (tertiary alicyclic amines) is 1. The van der Waals surface area contributed by atoms with Gasteiger partial charge in [-0.15, -0.1) is 0 Å². The van der Waals surface area contributed by atoms with Crippen LogP contribution in [0, 0.1) is 11.8 Å². The molecule has 1 aliphatic heterocycles. The first-order valence-corrected chi connectivity index (χ1v) is 6.26. The van der Waals surface area contributed by atoms with Gasteiger partial charge in [-0.25, -0.2) is 0 Å². The van der Waals surface area contributed by atoms with E-state index in [1.807, 2.05) is 0 Å². The largest absolute Gasteiger partial charge is 0.338 e. The highest BCUT2D eigenvalue weighted by Crippen LogP contribution is 2.34. The first-order valence-electron chi connectivity index (χ1n) is 6.26. The van der Waals surface area contributed by atoms with Gasteiger partial charge in [-0.3, -0.25) is 4.79 Å². The average molecular weight is 210 g/mol. The van der Waals surface area contributed by atoms with Gasteiger partial charge in [0.1, 0.15) is 0 Å². The molecular formula is C12H22N2O. The second-order valence-corrected chi connectivity index (χ2v) is 4.99. The van der Waals surface area contributed by atoms with E-state index in [9.17, 15) is 4.79 Å². The Morgan fingerprint density at radius 2 is 2.13 bits per heavy atom. The van der Waals surface area contributed by atoms with Gasteiger partial charge in [0.15, 0.2) is 0 Å². The summed E-state index contributed by atoms with van der Waals surface area (Å²) in [6, 6.07) is 0.316. The molecule has 1 saturated heterocycles. The average Bonchev–Trinajstić information content (AvgIpc) is 3.11. The number of carbonyl (C=O) groups is 1. The monoisotopic (exact) mass is 210 g/mol. The van der Waals surface area contributed by atoms with Crippen molar-refractivity contribution in [3.63, 3.8) is 0 Å². The number of rotatable bonds is 3. The van der Waals surface area contributed by atoms with E-state index in [0.29, 0.717) is 24.4 Å². The van der Waals surface area contributed by atoms with Crippen molar-refractivity contribution in [2.75, 3.05) is 13.1 Å². The van der Waals surface area contributed by atoms with Crippen LogP contribution in [0.25, 0.3) is 0 Å². The molecule has 2 fully saturated rings. The second kappa shape index (κ2) is 4.52. The van der Waals surface area contributed by atoms with E-state index in [1.54, 1.807) is 0 Å². The van der Waals surface area contributed by atoms with Crippen LogP contribution in [0.4, 0.5) is 0 Å². The van der Waals surface area contributed by atoms with Crippen LogP contribution < -0.4 is 5.73 Å². The van der Waals surface area contributed by atoms with E-state index in [0.717, 1.165) is 31.7 Å². The Balaban J connectivity index is 1.95. The van der Waals surface area contributed by atoms with Gasteiger partial charge in [0.05, 0.1) is 0 Å². The molecular weight excluding hydrogens is 188 g/mol. The minimum Gasteiger partial charge on any atom is -0.338 e. The van der Waals surface area contributed by atoms with Crippen molar-refractivity contribution < 1.29 is 4.79 Å². The molecule has 2 atom stereocenters. The number of nitrogens with two attached hydrogens (primary N) is 1. The molecule has 2 N–H and O–H groups in total. The van der Waals surface area contributed by atoms with E-state index in [4.69, 9.17) is 5.73 Å². The fraction of sp³-hybridized carbons (Fsp3) is 0.917. The van der Waals surface area contributed by atoms with E-state index in [1.165, 1.54) is 12.8 Å². The maximum atomic E-state index is 12.0. The van der Waals surface area contributed by atoms with Crippen LogP contribution in [-0.2, 0) is 4.79 Å². The third-order valence-corrected chi connectivity index (χ3v) is 3.88. The summed E-state index contributed by atoms with van der Waals surface area (Å²) in [4.78, 5) is 14.1. The van der Waals surface area contributed by atoms with Crippen molar-refractivity contribution in [2.24, 2.45) is 17.6 Å². The first kappa shape index (κ1) is 10.9. The molecule has 1 heterocycles. The summed E-state index contributed by atoms with van der Waals surface area (Å²) < 4.78 is 0. The lowest BCUT2D eigenvalue weighted by Gasteiger charge is -2.39. The molecule has 0 bridgehead atoms. The minimum absolute atomic E-state index is 0.316. The van der Waals surface area contributed by atoms with Crippen LogP contribution in [-0.4, -0.2) is 29.9 Å². The topological polar surface area (TPSA) is 46.3 Å². The normalized spacial score (nSPS) is 31.7. The molecule has 2 unspecified atom stereocenters. The third kappa shape index (κ3) is 2.33. The molecule has 1 aliphatic carbocycles. The lowest BCUT2D eigenvalue weighted by Crippen LogP contribution is -2.50. The zero-order chi connectivity index (χ0) is 10.8. The van der Waals surface area contributed by atoms with Crippen molar-refractivity contribution in [1.29, 1.82) is 0 Å². The van der Waals surface area contributed by atoms with Crippen molar-refractivity contribution in [1.82, 2.24) is 4.90 Å². The van der Waals surface area contributed by atoms with E-state index < -0.39 is 0 Å². The Morgan fingerprint density at radius 3 is 2.67 bits per heavy atom. The SMILES string of the molecule is CCC1CCN(C(=O)C2CC2)C(CN)C1. The molecule has 2 aliphatic rings. The van der Waals surface area contributed by atoms with E-state index in [2.05, 4.69) is 11.8 Å². The number of hydrogen-bond donors (Lipinski definition) is 1. The molecule has 0 aromatic rings. The molecule has 86 valence electrons. The Bertz CT molecular complexity index is 238. The second-order valence-electron chi connectivity index (χ2n) is 4.99. The first-order chi connectivity index (χ1) is 7.26. The predicted octanol–water partition coefficient (Wildman–Crippen LogP) is 1.37. The lowest BCUT2D eigenvalue weighted by atomic mass is 9.88. The highest BCUT2D eigenvalue weighted by atomic mass is 16.2. The van der Waals surface area contributed by atoms with E-state index >= 15 is 0 Å². The smallest absolute Gasteiger partial charge is 0.225 e. The van der Waals surface area contributed by atoms with Crippen LogP contribution in [0.1, 0.15) is 39.0 Å². The van der Waals surface area contributed by atoms with Gasteiger partial charge >= 0.3 is 0 Å². The van der Waals surface area contributed by atoms with Crippen LogP contribution >= 0.6 is 0 Å². The summed E-state index contributed by atoms with van der Waals surface area (Å²) >= 11 is 0. The van der Waals surface area contributed by atoms with Gasteiger partial charge in [0.25, 0.3) is 0 Å². The molecule has 0 spiro atoms. The van der Waals surface area contributed by atoms with Crippen LogP contribution in [0.2, 0.25) is 0 Å². The molecule has 3 heteroatoms. The zero-order valence-electron chi connectivity index (χ0n) is 9.61. The summed E-state index contributed by atoms with van der Waals surface area (Å²) in [6.07, 6.45) is 5.71. The lowest BCUT2D eigenvalue weighted by molar-refractivity contribution is -0.136. The summed E-state index contributed by atoms with van der Waals surface area (Å²) in [5.41, 5.74) is 5.78. The van der Waals surface area contributed by atoms with Crippen LogP contribution in [0.3, 0.4) is 0 Å². The summed E-state index contributed by atoms with van der Waals surface area (Å²) in [5.74, 6) is 1.50. The molecule has 2 rings (SSSR count). The highest BCUT2D eigenvalue weighted by molar-refractivity contribution is 5.81. The molecule has 1 saturated carbocycles. The Hall–Kier alpha value is -0.570. The standard InChI is InChI=1S/C12H22N2O/c1-2-9-5-6-14(11(7-9)8-13)12(15)10-3-4-10/h9-11H,2-8,13H2,1H3. The van der Waals surface area contributed by atoms with Gasteiger partial charge in [0.2, 0.25) is 5.91 Å². The van der Waals surface area contributed by atoms with Crippen LogP contribution in [0.15, 0.2) is 0 Å². The fourth-order valence-corrected chi connectivity index (χ4v) is 2.58. The number of piperidine rings is 1. The molecule has 0 radical (unpaired) electrons. The number of nitrogens with zero attached hydrogens (tertiary/aromatic N) is 1. The van der Waals surface area contributed by atoms with Gasteiger partial charge in [-0.05, 0) is 31.6 Å². The Morgan fingerprint density at radius 1 is 1.40 bits per heavy atom. The Labute approximate surface area is 92.0 Å². The van der Waals surface area contributed by atoms with Crippen molar-refractivity contribution >= 4 is 5.91 Å². The predicted molar refractivity (Wildman–Crippen MR) is 60.3 cm³/mol. The number of carbonyl (C=O) groups excluding carboxylic acids is 1. The maximum Gasteiger partial charge on any atom is 0.225 e. The quantitative estimate of drug-likeness (QED) is 0.764. The molecule has 15 heavy (non-hydrogen) atoms. The van der Waals surface area contributed by atoms with Gasteiger partial charge in [-0.2, -0.15) is 0 Å². The maximum absolute atomic E-state index is 12.0. The fourth-order valence-electron chi connectivity index (χ4n) is 2.58. The summed E-state index contributed by atoms with van der Waals surface area (Å²) in [6.45, 7) is 3.81. The van der Waals surface area contributed by atoms with E-state index in [-0.39, 0.29) is 0 Å². The third-order valence-electron chi connectivity index (χ3n) is 3.88. The summed E-state index contributed by atoms with van der Waals surface area (Å²) in [5, 5.41) is 0.